The number of aryl methyl sites for hydroxylation is 1. The van der Waals surface area contributed by atoms with Crippen LogP contribution >= 0.6 is 11.8 Å². The van der Waals surface area contributed by atoms with Gasteiger partial charge in [-0.15, -0.1) is 0 Å². The van der Waals surface area contributed by atoms with Gasteiger partial charge in [0, 0.05) is 17.0 Å². The van der Waals surface area contributed by atoms with E-state index >= 15 is 0 Å². The van der Waals surface area contributed by atoms with E-state index < -0.39 is 0 Å². The van der Waals surface area contributed by atoms with Crippen molar-refractivity contribution >= 4 is 23.7 Å². The third-order valence-electron chi connectivity index (χ3n) is 5.41. The fourth-order valence-corrected chi connectivity index (χ4v) is 4.87. The van der Waals surface area contributed by atoms with Crippen LogP contribution in [-0.2, 0) is 0 Å². The molecule has 140 valence electrons. The van der Waals surface area contributed by atoms with Crippen molar-refractivity contribution in [3.05, 3.63) is 108 Å². The monoisotopic (exact) mass is 392 g/mol. The van der Waals surface area contributed by atoms with E-state index in [1.54, 1.807) is 0 Å². The maximum atomic E-state index is 2.33. The van der Waals surface area contributed by atoms with Crippen LogP contribution in [0.1, 0.15) is 11.1 Å². The summed E-state index contributed by atoms with van der Waals surface area (Å²) in [5.74, 6) is 0.947. The molecule has 0 amide bonds. The van der Waals surface area contributed by atoms with Gasteiger partial charge in [-0.05, 0) is 52.9 Å². The summed E-state index contributed by atoms with van der Waals surface area (Å²) < 4.78 is 2.33. The van der Waals surface area contributed by atoms with Crippen molar-refractivity contribution < 1.29 is 4.58 Å². The van der Waals surface area contributed by atoms with E-state index in [1.807, 2.05) is 11.8 Å². The molecule has 4 aromatic rings. The van der Waals surface area contributed by atoms with Crippen molar-refractivity contribution in [2.75, 3.05) is 5.88 Å². The van der Waals surface area contributed by atoms with Gasteiger partial charge in [-0.1, -0.05) is 78.5 Å². The number of hydrogen-bond donors (Lipinski definition) is 0. The second-order valence-corrected chi connectivity index (χ2v) is 8.31. The van der Waals surface area contributed by atoms with Crippen LogP contribution in [0, 0.1) is 6.92 Å². The van der Waals surface area contributed by atoms with Gasteiger partial charge < -0.3 is 0 Å². The molecule has 1 aliphatic heterocycles. The second-order valence-electron chi connectivity index (χ2n) is 7.36. The second kappa shape index (κ2) is 7.73. The zero-order chi connectivity index (χ0) is 19.6. The molecule has 0 aliphatic carbocycles. The van der Waals surface area contributed by atoms with Crippen LogP contribution in [0.5, 0.6) is 0 Å². The first-order chi connectivity index (χ1) is 14.3. The lowest BCUT2D eigenvalue weighted by molar-refractivity contribution is -0.411. The largest absolute Gasteiger partial charge is 0.205 e. The van der Waals surface area contributed by atoms with Gasteiger partial charge in [-0.3, -0.25) is 0 Å². The lowest BCUT2D eigenvalue weighted by Crippen LogP contribution is -2.13. The molecular formula is C27H22NS+. The molecule has 2 heteroatoms. The van der Waals surface area contributed by atoms with Crippen LogP contribution in [0.2, 0.25) is 0 Å². The van der Waals surface area contributed by atoms with Crippen molar-refractivity contribution in [3.8, 4) is 22.3 Å². The first kappa shape index (κ1) is 18.0. The summed E-state index contributed by atoms with van der Waals surface area (Å²) in [6.45, 7) is 2.19. The molecule has 0 radical (unpaired) electrons. The van der Waals surface area contributed by atoms with Gasteiger partial charge >= 0.3 is 0 Å². The average Bonchev–Trinajstić information content (AvgIpc) is 2.80. The van der Waals surface area contributed by atoms with Crippen molar-refractivity contribution in [3.63, 3.8) is 0 Å². The smallest absolute Gasteiger partial charge is 0.188 e. The maximum absolute atomic E-state index is 2.33. The van der Waals surface area contributed by atoms with Gasteiger partial charge in [0.15, 0.2) is 12.1 Å². The Labute approximate surface area is 176 Å². The zero-order valence-electron chi connectivity index (χ0n) is 16.4. The minimum Gasteiger partial charge on any atom is -0.188 e. The molecule has 0 bridgehead atoms. The van der Waals surface area contributed by atoms with E-state index in [-0.39, 0.29) is 0 Å². The summed E-state index contributed by atoms with van der Waals surface area (Å²) in [4.78, 5) is 1.40. The topological polar surface area (TPSA) is 3.01 Å². The Balaban J connectivity index is 1.40. The maximum Gasteiger partial charge on any atom is 0.205 e. The number of fused-ring (bicyclic) bond motifs is 1. The Bertz CT molecular complexity index is 1170. The molecule has 1 heterocycles. The number of thioether (sulfide) groups is 1. The Kier molecular flexibility index (Phi) is 4.79. The molecule has 0 fully saturated rings. The zero-order valence-corrected chi connectivity index (χ0v) is 17.2. The van der Waals surface area contributed by atoms with Crippen molar-refractivity contribution in [1.82, 2.24) is 0 Å². The molecule has 0 saturated heterocycles. The molecule has 0 unspecified atom stereocenters. The van der Waals surface area contributed by atoms with Crippen LogP contribution in [0.4, 0.5) is 5.69 Å². The van der Waals surface area contributed by atoms with Crippen molar-refractivity contribution in [2.24, 2.45) is 0 Å². The minimum atomic E-state index is 0.947. The van der Waals surface area contributed by atoms with Gasteiger partial charge in [0.05, 0.1) is 5.56 Å². The quantitative estimate of drug-likeness (QED) is 0.334. The van der Waals surface area contributed by atoms with Gasteiger partial charge in [0.2, 0.25) is 5.69 Å². The molecule has 0 N–H and O–H groups in total. The van der Waals surface area contributed by atoms with Gasteiger partial charge in [-0.25, -0.2) is 0 Å². The first-order valence-electron chi connectivity index (χ1n) is 9.88. The Morgan fingerprint density at radius 2 is 1.21 bits per heavy atom. The summed E-state index contributed by atoms with van der Waals surface area (Å²) >= 11 is 1.91. The standard InChI is InChI=1S/C27H22NS/c1-20-6-5-9-25-18-28(19-29-27(20)25)26-16-14-24(15-17-26)23-12-10-22(11-13-23)21-7-3-2-4-8-21/h2-18H,19H2,1H3/q+1. The molecule has 0 saturated carbocycles. The summed E-state index contributed by atoms with van der Waals surface area (Å²) in [6.07, 6.45) is 2.27. The Hall–Kier alpha value is -3.10. The molecule has 0 spiro atoms. The molecule has 29 heavy (non-hydrogen) atoms. The number of benzene rings is 4. The molecule has 1 nitrogen and oxygen atoms in total. The van der Waals surface area contributed by atoms with E-state index in [1.165, 1.54) is 44.0 Å². The minimum absolute atomic E-state index is 0.947. The molecular weight excluding hydrogens is 370 g/mol. The number of rotatable bonds is 3. The summed E-state index contributed by atoms with van der Waals surface area (Å²) in [7, 11) is 0. The van der Waals surface area contributed by atoms with Crippen LogP contribution < -0.4 is 0 Å². The van der Waals surface area contributed by atoms with Gasteiger partial charge in [-0.2, -0.15) is 4.58 Å². The molecule has 0 atom stereocenters. The van der Waals surface area contributed by atoms with E-state index in [4.69, 9.17) is 0 Å². The Morgan fingerprint density at radius 1 is 0.621 bits per heavy atom. The number of nitrogens with zero attached hydrogens (tertiary/aromatic N) is 1. The fraction of sp³-hybridized carbons (Fsp3) is 0.0741. The highest BCUT2D eigenvalue weighted by molar-refractivity contribution is 7.99. The van der Waals surface area contributed by atoms with E-state index in [9.17, 15) is 0 Å². The van der Waals surface area contributed by atoms with Crippen molar-refractivity contribution in [1.29, 1.82) is 0 Å². The van der Waals surface area contributed by atoms with Gasteiger partial charge in [0.25, 0.3) is 0 Å². The van der Waals surface area contributed by atoms with Crippen LogP contribution in [0.3, 0.4) is 0 Å². The molecule has 4 aromatic carbocycles. The lowest BCUT2D eigenvalue weighted by Gasteiger charge is -2.13. The summed E-state index contributed by atoms with van der Waals surface area (Å²) in [6, 6.07) is 34.7. The van der Waals surface area contributed by atoms with Crippen LogP contribution in [-0.4, -0.2) is 16.7 Å². The summed E-state index contributed by atoms with van der Waals surface area (Å²) in [5, 5.41) is 0. The average molecular weight is 393 g/mol. The van der Waals surface area contributed by atoms with Crippen LogP contribution in [0.25, 0.3) is 22.3 Å². The third kappa shape index (κ3) is 3.64. The SMILES string of the molecule is Cc1cccc2c1SC[N+](c1ccc(-c3ccc(-c4ccccc4)cc3)cc1)=C2. The van der Waals surface area contributed by atoms with E-state index in [0.717, 1.165) is 5.88 Å². The normalized spacial score (nSPS) is 12.9. The molecule has 1 aliphatic rings. The van der Waals surface area contributed by atoms with Crippen LogP contribution in [0.15, 0.2) is 102 Å². The third-order valence-corrected chi connectivity index (χ3v) is 6.66. The van der Waals surface area contributed by atoms with Crippen molar-refractivity contribution in [2.45, 2.75) is 11.8 Å². The highest BCUT2D eigenvalue weighted by Gasteiger charge is 2.19. The lowest BCUT2D eigenvalue weighted by atomic mass is 10.0. The predicted octanol–water partition coefficient (Wildman–Crippen LogP) is 7.16. The predicted molar refractivity (Wildman–Crippen MR) is 124 cm³/mol. The summed E-state index contributed by atoms with van der Waals surface area (Å²) in [5.41, 5.74) is 8.89. The first-order valence-corrected chi connectivity index (χ1v) is 10.9. The molecule has 0 aromatic heterocycles. The highest BCUT2D eigenvalue weighted by Crippen LogP contribution is 2.32. The highest BCUT2D eigenvalue weighted by atomic mass is 32.2. The van der Waals surface area contributed by atoms with Gasteiger partial charge in [0.1, 0.15) is 0 Å². The molecule has 5 rings (SSSR count). The fourth-order valence-electron chi connectivity index (χ4n) is 3.79. The Morgan fingerprint density at radius 3 is 1.86 bits per heavy atom. The number of hydrogen-bond acceptors (Lipinski definition) is 1. The van der Waals surface area contributed by atoms with E-state index in [0.29, 0.717) is 0 Å². The van der Waals surface area contributed by atoms with E-state index in [2.05, 4.69) is 115 Å².